The number of carbonyl (C=O) groups excluding carboxylic acids is 1. The standard InChI is InChI=1S/C9H10N2O/c1-11-9(12)8-4-2-3-7(5-8)6-10/h2-6,10H,1H3,(H,11,12). The van der Waals surface area contributed by atoms with Crippen molar-refractivity contribution in [1.82, 2.24) is 5.32 Å². The third kappa shape index (κ3) is 1.69. The Balaban J connectivity index is 3.01. The minimum absolute atomic E-state index is 0.126. The Morgan fingerprint density at radius 2 is 2.33 bits per heavy atom. The van der Waals surface area contributed by atoms with Crippen LogP contribution in [0.4, 0.5) is 0 Å². The third-order valence-electron chi connectivity index (χ3n) is 1.54. The smallest absolute Gasteiger partial charge is 0.251 e. The van der Waals surface area contributed by atoms with E-state index >= 15 is 0 Å². The Kier molecular flexibility index (Phi) is 2.58. The quantitative estimate of drug-likeness (QED) is 0.627. The van der Waals surface area contributed by atoms with Gasteiger partial charge in [0.25, 0.3) is 5.91 Å². The predicted molar refractivity (Wildman–Crippen MR) is 47.7 cm³/mol. The second kappa shape index (κ2) is 3.67. The molecule has 0 aliphatic heterocycles. The molecule has 0 saturated carbocycles. The summed E-state index contributed by atoms with van der Waals surface area (Å²) < 4.78 is 0. The maximum Gasteiger partial charge on any atom is 0.251 e. The van der Waals surface area contributed by atoms with Crippen LogP contribution in [0.5, 0.6) is 0 Å². The molecule has 12 heavy (non-hydrogen) atoms. The Morgan fingerprint density at radius 1 is 1.58 bits per heavy atom. The monoisotopic (exact) mass is 162 g/mol. The first kappa shape index (κ1) is 8.46. The molecular weight excluding hydrogens is 152 g/mol. The Hall–Kier alpha value is -1.64. The summed E-state index contributed by atoms with van der Waals surface area (Å²) in [7, 11) is 1.58. The molecule has 0 heterocycles. The number of carbonyl (C=O) groups is 1. The van der Waals surface area contributed by atoms with E-state index in [1.165, 1.54) is 6.21 Å². The van der Waals surface area contributed by atoms with Gasteiger partial charge in [0, 0.05) is 18.8 Å². The molecule has 0 radical (unpaired) electrons. The van der Waals surface area contributed by atoms with E-state index in [0.717, 1.165) is 5.56 Å². The second-order valence-electron chi connectivity index (χ2n) is 2.35. The second-order valence-corrected chi connectivity index (χ2v) is 2.35. The largest absolute Gasteiger partial charge is 0.355 e. The molecule has 0 aromatic heterocycles. The zero-order valence-electron chi connectivity index (χ0n) is 6.79. The van der Waals surface area contributed by atoms with Crippen molar-refractivity contribution >= 4 is 12.1 Å². The van der Waals surface area contributed by atoms with Crippen molar-refractivity contribution in [2.24, 2.45) is 0 Å². The van der Waals surface area contributed by atoms with Crippen LogP contribution in [0.25, 0.3) is 0 Å². The Labute approximate surface area is 70.9 Å². The van der Waals surface area contributed by atoms with Gasteiger partial charge in [0.2, 0.25) is 0 Å². The summed E-state index contributed by atoms with van der Waals surface area (Å²) >= 11 is 0. The molecule has 1 amide bonds. The van der Waals surface area contributed by atoms with Gasteiger partial charge in [-0.1, -0.05) is 12.1 Å². The molecule has 3 heteroatoms. The van der Waals surface area contributed by atoms with Crippen LogP contribution in [0.15, 0.2) is 24.3 Å². The third-order valence-corrected chi connectivity index (χ3v) is 1.54. The van der Waals surface area contributed by atoms with Gasteiger partial charge < -0.3 is 10.7 Å². The van der Waals surface area contributed by atoms with Gasteiger partial charge in [-0.05, 0) is 17.7 Å². The van der Waals surface area contributed by atoms with E-state index in [-0.39, 0.29) is 5.91 Å². The van der Waals surface area contributed by atoms with Crippen LogP contribution < -0.4 is 5.32 Å². The molecule has 62 valence electrons. The molecule has 3 nitrogen and oxygen atoms in total. The molecule has 0 atom stereocenters. The highest BCUT2D eigenvalue weighted by Crippen LogP contribution is 2.02. The van der Waals surface area contributed by atoms with Crippen molar-refractivity contribution in [1.29, 1.82) is 5.41 Å². The first-order valence-corrected chi connectivity index (χ1v) is 3.60. The lowest BCUT2D eigenvalue weighted by molar-refractivity contribution is 0.0963. The molecule has 0 bridgehead atoms. The summed E-state index contributed by atoms with van der Waals surface area (Å²) in [6, 6.07) is 6.92. The van der Waals surface area contributed by atoms with Gasteiger partial charge in [0.15, 0.2) is 0 Å². The predicted octanol–water partition coefficient (Wildman–Crippen LogP) is 1.04. The summed E-state index contributed by atoms with van der Waals surface area (Å²) in [5, 5.41) is 9.50. The number of hydrogen-bond donors (Lipinski definition) is 2. The van der Waals surface area contributed by atoms with Crippen molar-refractivity contribution in [3.63, 3.8) is 0 Å². The first-order valence-electron chi connectivity index (χ1n) is 3.60. The molecule has 1 aromatic rings. The summed E-state index contributed by atoms with van der Waals surface area (Å²) in [5.41, 5.74) is 1.31. The zero-order valence-corrected chi connectivity index (χ0v) is 6.79. The highest BCUT2D eigenvalue weighted by molar-refractivity contribution is 5.95. The van der Waals surface area contributed by atoms with Gasteiger partial charge in [-0.2, -0.15) is 0 Å². The fraction of sp³-hybridized carbons (Fsp3) is 0.111. The number of rotatable bonds is 2. The summed E-state index contributed by atoms with van der Waals surface area (Å²) in [6.45, 7) is 0. The Bertz CT molecular complexity index is 307. The molecule has 1 rings (SSSR count). The van der Waals surface area contributed by atoms with Crippen molar-refractivity contribution in [3.8, 4) is 0 Å². The average Bonchev–Trinajstić information content (AvgIpc) is 2.17. The van der Waals surface area contributed by atoms with Gasteiger partial charge in [0.05, 0.1) is 0 Å². The number of hydrogen-bond acceptors (Lipinski definition) is 2. The highest BCUT2D eigenvalue weighted by atomic mass is 16.1. The van der Waals surface area contributed by atoms with Crippen LogP contribution in [0, 0.1) is 5.41 Å². The van der Waals surface area contributed by atoms with Crippen molar-refractivity contribution in [2.75, 3.05) is 7.05 Å². The van der Waals surface area contributed by atoms with Crippen LogP contribution in [0.2, 0.25) is 0 Å². The van der Waals surface area contributed by atoms with E-state index in [9.17, 15) is 4.79 Å². The van der Waals surface area contributed by atoms with Gasteiger partial charge in [-0.15, -0.1) is 0 Å². The minimum atomic E-state index is -0.126. The molecule has 2 N–H and O–H groups in total. The van der Waals surface area contributed by atoms with E-state index in [0.29, 0.717) is 5.56 Å². The van der Waals surface area contributed by atoms with Crippen LogP contribution in [0.1, 0.15) is 15.9 Å². The van der Waals surface area contributed by atoms with E-state index in [4.69, 9.17) is 5.41 Å². The summed E-state index contributed by atoms with van der Waals surface area (Å²) in [6.07, 6.45) is 1.21. The van der Waals surface area contributed by atoms with Gasteiger partial charge in [-0.25, -0.2) is 0 Å². The summed E-state index contributed by atoms with van der Waals surface area (Å²) in [5.74, 6) is -0.126. The highest BCUT2D eigenvalue weighted by Gasteiger charge is 2.01. The lowest BCUT2D eigenvalue weighted by atomic mass is 10.1. The van der Waals surface area contributed by atoms with E-state index in [1.54, 1.807) is 31.3 Å². The molecule has 1 aromatic carbocycles. The lowest BCUT2D eigenvalue weighted by Crippen LogP contribution is -2.17. The topological polar surface area (TPSA) is 53.0 Å². The van der Waals surface area contributed by atoms with Crippen molar-refractivity contribution in [2.45, 2.75) is 0 Å². The SMILES string of the molecule is CNC(=O)c1cccc(C=N)c1. The molecule has 0 saturated heterocycles. The van der Waals surface area contributed by atoms with E-state index in [2.05, 4.69) is 5.32 Å². The lowest BCUT2D eigenvalue weighted by Gasteiger charge is -1.99. The maximum atomic E-state index is 11.1. The normalized spacial score (nSPS) is 9.08. The van der Waals surface area contributed by atoms with Crippen LogP contribution in [0.3, 0.4) is 0 Å². The summed E-state index contributed by atoms with van der Waals surface area (Å²) in [4.78, 5) is 11.1. The zero-order chi connectivity index (χ0) is 8.97. The molecule has 0 fully saturated rings. The van der Waals surface area contributed by atoms with Crippen molar-refractivity contribution < 1.29 is 4.79 Å². The average molecular weight is 162 g/mol. The van der Waals surface area contributed by atoms with Crippen molar-refractivity contribution in [3.05, 3.63) is 35.4 Å². The minimum Gasteiger partial charge on any atom is -0.355 e. The van der Waals surface area contributed by atoms with Crippen LogP contribution in [-0.4, -0.2) is 19.2 Å². The molecular formula is C9H10N2O. The Morgan fingerprint density at radius 3 is 2.92 bits per heavy atom. The van der Waals surface area contributed by atoms with E-state index in [1.807, 2.05) is 0 Å². The first-order chi connectivity index (χ1) is 5.77. The van der Waals surface area contributed by atoms with Gasteiger partial charge in [0.1, 0.15) is 0 Å². The van der Waals surface area contributed by atoms with Gasteiger partial charge in [-0.3, -0.25) is 4.79 Å². The molecule has 0 aliphatic rings. The fourth-order valence-electron chi connectivity index (χ4n) is 0.914. The molecule has 0 spiro atoms. The van der Waals surface area contributed by atoms with Crippen LogP contribution >= 0.6 is 0 Å². The molecule has 0 unspecified atom stereocenters. The molecule has 0 aliphatic carbocycles. The number of nitrogens with one attached hydrogen (secondary N) is 2. The number of amides is 1. The number of benzene rings is 1. The van der Waals surface area contributed by atoms with Gasteiger partial charge >= 0.3 is 0 Å². The van der Waals surface area contributed by atoms with E-state index < -0.39 is 0 Å². The van der Waals surface area contributed by atoms with Crippen LogP contribution in [-0.2, 0) is 0 Å². The maximum absolute atomic E-state index is 11.1. The fourth-order valence-corrected chi connectivity index (χ4v) is 0.914.